The molecule has 0 aromatic heterocycles. The molecule has 6 heteroatoms. The molecule has 6 nitrogen and oxygen atoms in total. The highest BCUT2D eigenvalue weighted by atomic mass is 16.6. The average Bonchev–Trinajstić information content (AvgIpc) is 2.86. The van der Waals surface area contributed by atoms with Crippen LogP contribution >= 0.6 is 0 Å². The van der Waals surface area contributed by atoms with Crippen LogP contribution < -0.4 is 5.32 Å². The first-order chi connectivity index (χ1) is 9.15. The molecular weight excluding hydrogens is 246 g/mol. The summed E-state index contributed by atoms with van der Waals surface area (Å²) >= 11 is 0. The largest absolute Gasteiger partial charge is 0.334 e. The van der Waals surface area contributed by atoms with Crippen molar-refractivity contribution in [2.45, 2.75) is 18.9 Å². The van der Waals surface area contributed by atoms with Gasteiger partial charge < -0.3 is 10.2 Å². The minimum absolute atomic E-state index is 0.123. The molecule has 1 unspecified atom stereocenters. The number of amides is 1. The number of nitrogens with one attached hydrogen (secondary N) is 1. The molecule has 2 rings (SSSR count). The summed E-state index contributed by atoms with van der Waals surface area (Å²) in [6.07, 6.45) is 1.88. The quantitative estimate of drug-likeness (QED) is 0.658. The van der Waals surface area contributed by atoms with Gasteiger partial charge in [0.15, 0.2) is 0 Å². The van der Waals surface area contributed by atoms with E-state index in [1.165, 1.54) is 12.1 Å². The number of para-hydroxylation sites is 1. The topological polar surface area (TPSA) is 75.5 Å². The molecule has 1 aromatic carbocycles. The van der Waals surface area contributed by atoms with Crippen LogP contribution in [0.2, 0.25) is 0 Å². The highest BCUT2D eigenvalue weighted by Crippen LogP contribution is 2.24. The van der Waals surface area contributed by atoms with Crippen LogP contribution in [-0.4, -0.2) is 41.9 Å². The normalized spacial score (nSPS) is 18.6. The van der Waals surface area contributed by atoms with Crippen molar-refractivity contribution < 1.29 is 9.72 Å². The van der Waals surface area contributed by atoms with Crippen LogP contribution in [0.3, 0.4) is 0 Å². The summed E-state index contributed by atoms with van der Waals surface area (Å²) in [5.74, 6) is -0.245. The van der Waals surface area contributed by atoms with Crippen LogP contribution in [0.5, 0.6) is 0 Å². The summed E-state index contributed by atoms with van der Waals surface area (Å²) in [6.45, 7) is 1.38. The second-order valence-electron chi connectivity index (χ2n) is 4.63. The lowest BCUT2D eigenvalue weighted by molar-refractivity contribution is -0.385. The van der Waals surface area contributed by atoms with E-state index in [0.717, 1.165) is 12.8 Å². The summed E-state index contributed by atoms with van der Waals surface area (Å²) in [5, 5.41) is 14.0. The molecule has 1 aromatic rings. The van der Waals surface area contributed by atoms with E-state index < -0.39 is 4.92 Å². The minimum Gasteiger partial charge on any atom is -0.334 e. The lowest BCUT2D eigenvalue weighted by Gasteiger charge is -2.24. The number of hydrogen-bond donors (Lipinski definition) is 1. The van der Waals surface area contributed by atoms with Gasteiger partial charge in [0.2, 0.25) is 0 Å². The maximum Gasteiger partial charge on any atom is 0.282 e. The van der Waals surface area contributed by atoms with E-state index in [0.29, 0.717) is 13.1 Å². The number of likely N-dealkylation sites (N-methyl/N-ethyl adjacent to an activating group) is 1. The van der Waals surface area contributed by atoms with Crippen LogP contribution in [0.1, 0.15) is 23.2 Å². The van der Waals surface area contributed by atoms with Gasteiger partial charge >= 0.3 is 0 Å². The highest BCUT2D eigenvalue weighted by Gasteiger charge is 2.31. The number of likely N-dealkylation sites (tertiary alicyclic amines) is 1. The van der Waals surface area contributed by atoms with Crippen molar-refractivity contribution in [1.29, 1.82) is 0 Å². The van der Waals surface area contributed by atoms with E-state index in [4.69, 9.17) is 0 Å². The molecule has 1 N–H and O–H groups in total. The van der Waals surface area contributed by atoms with Crippen molar-refractivity contribution in [3.05, 3.63) is 39.9 Å². The molecule has 1 heterocycles. The van der Waals surface area contributed by atoms with Gasteiger partial charge in [-0.15, -0.1) is 0 Å². The Bertz CT molecular complexity index is 490. The molecule has 1 amide bonds. The molecule has 1 aliphatic heterocycles. The Balaban J connectivity index is 2.26. The molecule has 1 saturated heterocycles. The van der Waals surface area contributed by atoms with E-state index in [-0.39, 0.29) is 23.2 Å². The van der Waals surface area contributed by atoms with Crippen molar-refractivity contribution >= 4 is 11.6 Å². The predicted octanol–water partition coefficient (Wildman–Crippen LogP) is 1.42. The second-order valence-corrected chi connectivity index (χ2v) is 4.63. The third-order valence-electron chi connectivity index (χ3n) is 3.41. The third kappa shape index (κ3) is 2.73. The van der Waals surface area contributed by atoms with Gasteiger partial charge in [0.1, 0.15) is 5.56 Å². The van der Waals surface area contributed by atoms with E-state index in [1.54, 1.807) is 17.0 Å². The summed E-state index contributed by atoms with van der Waals surface area (Å²) in [5.41, 5.74) is 0.0538. The van der Waals surface area contributed by atoms with Gasteiger partial charge in [0.25, 0.3) is 11.6 Å². The zero-order valence-electron chi connectivity index (χ0n) is 10.8. The Hall–Kier alpha value is -1.95. The molecule has 1 aliphatic rings. The Morgan fingerprint density at radius 2 is 2.26 bits per heavy atom. The standard InChI is InChI=1S/C13H17N3O3/c1-14-9-10-5-4-8-15(10)13(17)11-6-2-3-7-12(11)16(18)19/h2-3,6-7,10,14H,4-5,8-9H2,1H3. The number of carbonyl (C=O) groups is 1. The minimum atomic E-state index is -0.504. The molecule has 0 radical (unpaired) electrons. The van der Waals surface area contributed by atoms with Crippen molar-refractivity contribution in [2.75, 3.05) is 20.1 Å². The van der Waals surface area contributed by atoms with Gasteiger partial charge in [-0.25, -0.2) is 0 Å². The number of hydrogen-bond acceptors (Lipinski definition) is 4. The van der Waals surface area contributed by atoms with Gasteiger partial charge in [-0.05, 0) is 26.0 Å². The van der Waals surface area contributed by atoms with Gasteiger partial charge in [-0.1, -0.05) is 12.1 Å². The van der Waals surface area contributed by atoms with E-state index in [2.05, 4.69) is 5.32 Å². The SMILES string of the molecule is CNCC1CCCN1C(=O)c1ccccc1[N+](=O)[O-]. The number of nitro benzene ring substituents is 1. The van der Waals surface area contributed by atoms with E-state index in [9.17, 15) is 14.9 Å². The summed E-state index contributed by atoms with van der Waals surface area (Å²) in [4.78, 5) is 24.7. The zero-order chi connectivity index (χ0) is 13.8. The molecule has 1 atom stereocenters. The number of rotatable bonds is 4. The Morgan fingerprint density at radius 3 is 2.95 bits per heavy atom. The van der Waals surface area contributed by atoms with E-state index in [1.807, 2.05) is 7.05 Å². The smallest absolute Gasteiger partial charge is 0.282 e. The first kappa shape index (κ1) is 13.5. The number of nitrogens with zero attached hydrogens (tertiary/aromatic N) is 2. The van der Waals surface area contributed by atoms with Crippen molar-refractivity contribution in [1.82, 2.24) is 10.2 Å². The van der Waals surface area contributed by atoms with Gasteiger partial charge in [-0.3, -0.25) is 14.9 Å². The van der Waals surface area contributed by atoms with Crippen LogP contribution in [-0.2, 0) is 0 Å². The molecule has 0 bridgehead atoms. The van der Waals surface area contributed by atoms with Gasteiger partial charge in [0, 0.05) is 25.2 Å². The maximum absolute atomic E-state index is 12.5. The lowest BCUT2D eigenvalue weighted by atomic mass is 10.1. The number of benzene rings is 1. The van der Waals surface area contributed by atoms with Crippen LogP contribution in [0.15, 0.2) is 24.3 Å². The monoisotopic (exact) mass is 263 g/mol. The Labute approximate surface area is 111 Å². The fourth-order valence-corrected chi connectivity index (χ4v) is 2.52. The summed E-state index contributed by atoms with van der Waals surface area (Å²) in [7, 11) is 1.84. The fourth-order valence-electron chi connectivity index (χ4n) is 2.52. The van der Waals surface area contributed by atoms with Crippen molar-refractivity contribution in [3.63, 3.8) is 0 Å². The molecule has 0 spiro atoms. The van der Waals surface area contributed by atoms with Crippen LogP contribution in [0.25, 0.3) is 0 Å². The van der Waals surface area contributed by atoms with Gasteiger partial charge in [0.05, 0.1) is 4.92 Å². The second kappa shape index (κ2) is 5.79. The number of nitro groups is 1. The van der Waals surface area contributed by atoms with Crippen LogP contribution in [0.4, 0.5) is 5.69 Å². The Morgan fingerprint density at radius 1 is 1.53 bits per heavy atom. The maximum atomic E-state index is 12.5. The summed E-state index contributed by atoms with van der Waals surface area (Å²) < 4.78 is 0. The molecular formula is C13H17N3O3. The molecule has 19 heavy (non-hydrogen) atoms. The highest BCUT2D eigenvalue weighted by molar-refractivity contribution is 5.98. The van der Waals surface area contributed by atoms with Gasteiger partial charge in [-0.2, -0.15) is 0 Å². The zero-order valence-corrected chi connectivity index (χ0v) is 10.8. The van der Waals surface area contributed by atoms with Crippen molar-refractivity contribution in [3.8, 4) is 0 Å². The lowest BCUT2D eigenvalue weighted by Crippen LogP contribution is -2.41. The predicted molar refractivity (Wildman–Crippen MR) is 71.1 cm³/mol. The number of carbonyl (C=O) groups excluding carboxylic acids is 1. The van der Waals surface area contributed by atoms with E-state index >= 15 is 0 Å². The molecule has 0 aliphatic carbocycles. The first-order valence-electron chi connectivity index (χ1n) is 6.34. The fraction of sp³-hybridized carbons (Fsp3) is 0.462. The molecule has 1 fully saturated rings. The Kier molecular flexibility index (Phi) is 4.11. The first-order valence-corrected chi connectivity index (χ1v) is 6.34. The molecule has 0 saturated carbocycles. The van der Waals surface area contributed by atoms with Crippen LogP contribution in [0, 0.1) is 10.1 Å². The molecule has 102 valence electrons. The third-order valence-corrected chi connectivity index (χ3v) is 3.41. The summed E-state index contributed by atoms with van der Waals surface area (Å²) in [6, 6.07) is 6.25. The average molecular weight is 263 g/mol. The van der Waals surface area contributed by atoms with Crippen molar-refractivity contribution in [2.24, 2.45) is 0 Å².